The number of aliphatic hydroxyl groups is 1. The predicted octanol–water partition coefficient (Wildman–Crippen LogP) is 1.95. The van der Waals surface area contributed by atoms with Crippen LogP contribution in [0.5, 0.6) is 0 Å². The minimum absolute atomic E-state index is 0.0450. The van der Waals surface area contributed by atoms with Crippen LogP contribution in [0.25, 0.3) is 0 Å². The molecule has 0 aliphatic heterocycles. The molecule has 2 atom stereocenters. The highest BCUT2D eigenvalue weighted by molar-refractivity contribution is 5.76. The van der Waals surface area contributed by atoms with Crippen LogP contribution in [0.3, 0.4) is 0 Å². The number of amides is 1. The lowest BCUT2D eigenvalue weighted by molar-refractivity contribution is -0.123. The average molecular weight is 296 g/mol. The average Bonchev–Trinajstić information content (AvgIpc) is 2.38. The van der Waals surface area contributed by atoms with Gasteiger partial charge in [-0.1, -0.05) is 26.0 Å². The first-order chi connectivity index (χ1) is 9.81. The van der Waals surface area contributed by atoms with Crippen LogP contribution < -0.4 is 5.32 Å². The number of hydrogen-bond acceptors (Lipinski definition) is 3. The summed E-state index contributed by atoms with van der Waals surface area (Å²) in [6, 6.07) is 6.25. The van der Waals surface area contributed by atoms with Crippen LogP contribution in [0.1, 0.15) is 31.9 Å². The number of carbonyl (C=O) groups is 1. The maximum Gasteiger partial charge on any atom is 0.222 e. The molecule has 2 unspecified atom stereocenters. The summed E-state index contributed by atoms with van der Waals surface area (Å²) in [5, 5.41) is 12.5. The monoisotopic (exact) mass is 296 g/mol. The maximum atomic E-state index is 13.3. The number of nitrogens with one attached hydrogen (secondary N) is 1. The molecule has 1 amide bonds. The lowest BCUT2D eigenvalue weighted by Gasteiger charge is -2.25. The molecule has 0 aliphatic carbocycles. The molecule has 0 saturated heterocycles. The van der Waals surface area contributed by atoms with Gasteiger partial charge in [-0.2, -0.15) is 0 Å². The van der Waals surface area contributed by atoms with Gasteiger partial charge in [-0.15, -0.1) is 0 Å². The summed E-state index contributed by atoms with van der Waals surface area (Å²) in [6.07, 6.45) is -0.557. The molecule has 2 N–H and O–H groups in total. The number of benzene rings is 1. The zero-order valence-corrected chi connectivity index (χ0v) is 13.1. The van der Waals surface area contributed by atoms with Crippen molar-refractivity contribution in [3.05, 3.63) is 35.6 Å². The van der Waals surface area contributed by atoms with Crippen LogP contribution in [0.4, 0.5) is 4.39 Å². The Balaban J connectivity index is 2.62. The van der Waals surface area contributed by atoms with E-state index < -0.39 is 6.10 Å². The van der Waals surface area contributed by atoms with Crippen LogP contribution >= 0.6 is 0 Å². The van der Waals surface area contributed by atoms with Gasteiger partial charge in [0.15, 0.2) is 0 Å². The Kier molecular flexibility index (Phi) is 6.78. The van der Waals surface area contributed by atoms with Gasteiger partial charge in [-0.25, -0.2) is 4.39 Å². The number of likely N-dealkylation sites (N-methyl/N-ethyl adjacent to an activating group) is 1. The highest BCUT2D eigenvalue weighted by Gasteiger charge is 2.18. The number of hydrogen-bond donors (Lipinski definition) is 2. The van der Waals surface area contributed by atoms with E-state index in [0.717, 1.165) is 5.56 Å². The molecule has 0 radical (unpaired) electrons. The highest BCUT2D eigenvalue weighted by atomic mass is 19.1. The lowest BCUT2D eigenvalue weighted by Crippen LogP contribution is -2.36. The summed E-state index contributed by atoms with van der Waals surface area (Å²) in [5.41, 5.74) is 0.810. The molecule has 1 aromatic carbocycles. The van der Waals surface area contributed by atoms with Crippen molar-refractivity contribution in [1.82, 2.24) is 10.2 Å². The van der Waals surface area contributed by atoms with E-state index in [1.165, 1.54) is 12.1 Å². The molecule has 0 fully saturated rings. The van der Waals surface area contributed by atoms with Crippen LogP contribution in [0.15, 0.2) is 24.3 Å². The van der Waals surface area contributed by atoms with Crippen molar-refractivity contribution < 1.29 is 14.3 Å². The summed E-state index contributed by atoms with van der Waals surface area (Å²) >= 11 is 0. The number of nitrogens with zero attached hydrogens (tertiary/aromatic N) is 1. The summed E-state index contributed by atoms with van der Waals surface area (Å²) in [6.45, 7) is 4.11. The smallest absolute Gasteiger partial charge is 0.222 e. The molecular formula is C16H25FN2O2. The number of aliphatic hydroxyl groups excluding tert-OH is 1. The second-order valence-electron chi connectivity index (χ2n) is 5.85. The fourth-order valence-corrected chi connectivity index (χ4v) is 2.02. The third-order valence-corrected chi connectivity index (χ3v) is 3.51. The summed E-state index contributed by atoms with van der Waals surface area (Å²) in [7, 11) is 3.76. The molecule has 21 heavy (non-hydrogen) atoms. The van der Waals surface area contributed by atoms with Gasteiger partial charge in [0.05, 0.1) is 18.6 Å². The van der Waals surface area contributed by atoms with E-state index >= 15 is 0 Å². The number of halogens is 1. The molecule has 0 aromatic heterocycles. The van der Waals surface area contributed by atoms with Gasteiger partial charge in [-0.05, 0) is 37.7 Å². The largest absolute Gasteiger partial charge is 0.392 e. The number of rotatable bonds is 7. The maximum absolute atomic E-state index is 13.3. The van der Waals surface area contributed by atoms with E-state index in [9.17, 15) is 14.3 Å². The van der Waals surface area contributed by atoms with Crippen LogP contribution in [0.2, 0.25) is 0 Å². The molecule has 5 heteroatoms. The highest BCUT2D eigenvalue weighted by Crippen LogP contribution is 2.18. The molecule has 118 valence electrons. The van der Waals surface area contributed by atoms with Gasteiger partial charge in [0, 0.05) is 6.54 Å². The Morgan fingerprint density at radius 3 is 2.57 bits per heavy atom. The molecule has 4 nitrogen and oxygen atoms in total. The number of carbonyl (C=O) groups excluding carboxylic acids is 1. The van der Waals surface area contributed by atoms with Gasteiger partial charge in [0.25, 0.3) is 0 Å². The Morgan fingerprint density at radius 1 is 1.38 bits per heavy atom. The van der Waals surface area contributed by atoms with Crippen LogP contribution in [-0.4, -0.2) is 42.7 Å². The van der Waals surface area contributed by atoms with Crippen molar-refractivity contribution in [3.8, 4) is 0 Å². The topological polar surface area (TPSA) is 52.6 Å². The summed E-state index contributed by atoms with van der Waals surface area (Å²) in [5.74, 6) is -0.441. The normalized spacial score (nSPS) is 14.3. The zero-order valence-electron chi connectivity index (χ0n) is 13.1. The SMILES string of the molecule is CC(C)C(O)CC(=O)NCC(c1cccc(F)c1)N(C)C. The second kappa shape index (κ2) is 8.10. The van der Waals surface area contributed by atoms with Crippen molar-refractivity contribution in [2.45, 2.75) is 32.4 Å². The summed E-state index contributed by atoms with van der Waals surface area (Å²) < 4.78 is 13.3. The second-order valence-corrected chi connectivity index (χ2v) is 5.85. The lowest BCUT2D eigenvalue weighted by atomic mass is 10.0. The van der Waals surface area contributed by atoms with Crippen molar-refractivity contribution >= 4 is 5.91 Å². The summed E-state index contributed by atoms with van der Waals surface area (Å²) in [4.78, 5) is 13.7. The first-order valence-corrected chi connectivity index (χ1v) is 7.18. The predicted molar refractivity (Wildman–Crippen MR) is 81.3 cm³/mol. The van der Waals surface area contributed by atoms with Crippen LogP contribution in [0, 0.1) is 11.7 Å². The molecule has 0 heterocycles. The van der Waals surface area contributed by atoms with Gasteiger partial charge in [-0.3, -0.25) is 4.79 Å². The van der Waals surface area contributed by atoms with E-state index in [4.69, 9.17) is 0 Å². The van der Waals surface area contributed by atoms with E-state index in [1.807, 2.05) is 38.9 Å². The molecule has 1 rings (SSSR count). The quantitative estimate of drug-likeness (QED) is 0.808. The Hall–Kier alpha value is -1.46. The molecular weight excluding hydrogens is 271 g/mol. The zero-order chi connectivity index (χ0) is 16.0. The van der Waals surface area contributed by atoms with Gasteiger partial charge >= 0.3 is 0 Å². The van der Waals surface area contributed by atoms with Gasteiger partial charge in [0.1, 0.15) is 5.82 Å². The Bertz CT molecular complexity index is 463. The van der Waals surface area contributed by atoms with Gasteiger partial charge in [0.2, 0.25) is 5.91 Å². The first-order valence-electron chi connectivity index (χ1n) is 7.18. The molecule has 0 bridgehead atoms. The third-order valence-electron chi connectivity index (χ3n) is 3.51. The van der Waals surface area contributed by atoms with E-state index in [-0.39, 0.29) is 30.1 Å². The molecule has 0 aliphatic rings. The van der Waals surface area contributed by atoms with E-state index in [1.54, 1.807) is 6.07 Å². The van der Waals surface area contributed by atoms with Crippen molar-refractivity contribution in [3.63, 3.8) is 0 Å². The molecule has 0 spiro atoms. The fraction of sp³-hybridized carbons (Fsp3) is 0.562. The molecule has 1 aromatic rings. The minimum Gasteiger partial charge on any atom is -0.392 e. The van der Waals surface area contributed by atoms with E-state index in [0.29, 0.717) is 6.54 Å². The van der Waals surface area contributed by atoms with Crippen molar-refractivity contribution in [2.75, 3.05) is 20.6 Å². The van der Waals surface area contributed by atoms with Crippen molar-refractivity contribution in [2.24, 2.45) is 5.92 Å². The molecule has 0 saturated carbocycles. The standard InChI is InChI=1S/C16H25FN2O2/c1-11(2)15(20)9-16(21)18-10-14(19(3)4)12-6-5-7-13(17)8-12/h5-8,11,14-15,20H,9-10H2,1-4H3,(H,18,21). The van der Waals surface area contributed by atoms with E-state index in [2.05, 4.69) is 5.32 Å². The first kappa shape index (κ1) is 17.6. The van der Waals surface area contributed by atoms with Crippen molar-refractivity contribution in [1.29, 1.82) is 0 Å². The van der Waals surface area contributed by atoms with Gasteiger partial charge < -0.3 is 15.3 Å². The fourth-order valence-electron chi connectivity index (χ4n) is 2.02. The Labute approximate surface area is 126 Å². The third kappa shape index (κ3) is 5.81. The Morgan fingerprint density at radius 2 is 2.05 bits per heavy atom. The minimum atomic E-state index is -0.642. The van der Waals surface area contributed by atoms with Crippen LogP contribution in [-0.2, 0) is 4.79 Å².